The summed E-state index contributed by atoms with van der Waals surface area (Å²) in [6.45, 7) is 9.88. The summed E-state index contributed by atoms with van der Waals surface area (Å²) >= 11 is 0. The summed E-state index contributed by atoms with van der Waals surface area (Å²) < 4.78 is 11.0. The zero-order chi connectivity index (χ0) is 16.3. The average molecular weight is 293 g/mol. The highest BCUT2D eigenvalue weighted by atomic mass is 16.5. The van der Waals surface area contributed by atoms with Crippen LogP contribution in [-0.2, 0) is 17.8 Å². The molecule has 21 heavy (non-hydrogen) atoms. The number of rotatable bonds is 7. The molecule has 0 aliphatic heterocycles. The van der Waals surface area contributed by atoms with Crippen molar-refractivity contribution >= 4 is 6.29 Å². The highest BCUT2D eigenvalue weighted by molar-refractivity contribution is 5.59. The molecule has 1 N–H and O–H groups in total. The smallest absolute Gasteiger partial charge is 0.161 e. The van der Waals surface area contributed by atoms with Gasteiger partial charge in [-0.2, -0.15) is 0 Å². The Hall–Kier alpha value is -1.81. The van der Waals surface area contributed by atoms with Gasteiger partial charge >= 0.3 is 0 Å². The number of aldehydes is 1. The molecule has 0 aliphatic rings. The number of allylic oxidation sites excluding steroid dienone is 1. The van der Waals surface area contributed by atoms with Crippen molar-refractivity contribution in [2.75, 3.05) is 14.2 Å². The molecule has 0 saturated carbocycles. The first-order valence-electron chi connectivity index (χ1n) is 7.05. The van der Waals surface area contributed by atoms with E-state index in [1.165, 1.54) is 0 Å². The summed E-state index contributed by atoms with van der Waals surface area (Å²) in [6, 6.07) is 3.81. The van der Waals surface area contributed by atoms with E-state index in [-0.39, 0.29) is 6.10 Å². The second kappa shape index (κ2) is 10.9. The Morgan fingerprint density at radius 3 is 2.29 bits per heavy atom. The highest BCUT2D eigenvalue weighted by Gasteiger charge is 2.12. The molecule has 118 valence electrons. The number of methoxy groups -OCH3 is 1. The van der Waals surface area contributed by atoms with Gasteiger partial charge in [-0.15, -0.1) is 6.58 Å². The first-order chi connectivity index (χ1) is 10.0. The molecule has 0 amide bonds. The van der Waals surface area contributed by atoms with Crippen LogP contribution >= 0.6 is 0 Å². The lowest BCUT2D eigenvalue weighted by molar-refractivity contribution is -0.107. The predicted molar refractivity (Wildman–Crippen MR) is 87.2 cm³/mol. The van der Waals surface area contributed by atoms with Crippen molar-refractivity contribution in [2.24, 2.45) is 0 Å². The van der Waals surface area contributed by atoms with Crippen molar-refractivity contribution in [2.45, 2.75) is 39.8 Å². The number of ether oxygens (including phenoxy) is 2. The van der Waals surface area contributed by atoms with E-state index in [1.54, 1.807) is 13.2 Å². The molecule has 0 radical (unpaired) electrons. The number of hydrogen-bond donors (Lipinski definition) is 1. The fraction of sp³-hybridized carbons (Fsp3) is 0.471. The fourth-order valence-electron chi connectivity index (χ4n) is 1.78. The van der Waals surface area contributed by atoms with Gasteiger partial charge in [0.15, 0.2) is 11.5 Å². The lowest BCUT2D eigenvalue weighted by Gasteiger charge is -2.17. The van der Waals surface area contributed by atoms with Crippen LogP contribution in [0.2, 0.25) is 0 Å². The third kappa shape index (κ3) is 6.95. The van der Waals surface area contributed by atoms with Gasteiger partial charge in [0.05, 0.1) is 13.2 Å². The minimum Gasteiger partial charge on any atom is -0.493 e. The van der Waals surface area contributed by atoms with Crippen molar-refractivity contribution in [1.82, 2.24) is 5.32 Å². The lowest BCUT2D eigenvalue weighted by atomic mass is 10.0. The van der Waals surface area contributed by atoms with Gasteiger partial charge in [0.25, 0.3) is 0 Å². The maximum atomic E-state index is 10.7. The van der Waals surface area contributed by atoms with Gasteiger partial charge in [-0.25, -0.2) is 0 Å². The average Bonchev–Trinajstić information content (AvgIpc) is 2.42. The molecule has 0 aliphatic carbocycles. The molecule has 1 aromatic carbocycles. The van der Waals surface area contributed by atoms with Gasteiger partial charge in [-0.1, -0.05) is 6.08 Å². The van der Waals surface area contributed by atoms with Crippen molar-refractivity contribution in [3.05, 3.63) is 35.9 Å². The van der Waals surface area contributed by atoms with Crippen LogP contribution in [0.5, 0.6) is 11.5 Å². The number of carbonyl (C=O) groups is 1. The molecule has 0 saturated heterocycles. The number of hydrogen-bond acceptors (Lipinski definition) is 4. The van der Waals surface area contributed by atoms with Gasteiger partial charge < -0.3 is 19.6 Å². The Morgan fingerprint density at radius 2 is 1.86 bits per heavy atom. The number of benzene rings is 1. The molecule has 0 bridgehead atoms. The van der Waals surface area contributed by atoms with E-state index in [1.807, 2.05) is 40.0 Å². The molecule has 0 heterocycles. The van der Waals surface area contributed by atoms with Crippen LogP contribution in [0.4, 0.5) is 0 Å². The first kappa shape index (κ1) is 19.2. The molecule has 1 aromatic rings. The van der Waals surface area contributed by atoms with Crippen LogP contribution in [-0.4, -0.2) is 26.5 Å². The molecule has 4 nitrogen and oxygen atoms in total. The number of nitrogens with one attached hydrogen (secondary N) is 1. The third-order valence-electron chi connectivity index (χ3n) is 2.52. The van der Waals surface area contributed by atoms with Crippen molar-refractivity contribution < 1.29 is 14.3 Å². The molecule has 0 unspecified atom stereocenters. The summed E-state index contributed by atoms with van der Waals surface area (Å²) in [5.74, 6) is 1.38. The minimum absolute atomic E-state index is 0.0817. The molecular weight excluding hydrogens is 266 g/mol. The van der Waals surface area contributed by atoms with Gasteiger partial charge in [-0.05, 0) is 51.1 Å². The summed E-state index contributed by atoms with van der Waals surface area (Å²) in [4.78, 5) is 10.7. The Bertz CT molecular complexity index is 442. The third-order valence-corrected chi connectivity index (χ3v) is 2.52. The molecular formula is C17H27NO3. The summed E-state index contributed by atoms with van der Waals surface area (Å²) in [5, 5.41) is 3.09. The van der Waals surface area contributed by atoms with E-state index in [4.69, 9.17) is 9.47 Å². The standard InChI is InChI=1S/C14H21NO3.C3H6/c1-10(2)18-14-8-12(9-15-3)11(5-6-16)7-13(14)17-4;1-3-2/h6-8,10,15H,5,9H2,1-4H3;3H,1H2,2H3. The summed E-state index contributed by atoms with van der Waals surface area (Å²) in [5.41, 5.74) is 2.02. The maximum absolute atomic E-state index is 10.7. The summed E-state index contributed by atoms with van der Waals surface area (Å²) in [7, 11) is 3.48. The quantitative estimate of drug-likeness (QED) is 0.620. The summed E-state index contributed by atoms with van der Waals surface area (Å²) in [6.07, 6.45) is 3.12. The molecule has 0 atom stereocenters. The van der Waals surface area contributed by atoms with E-state index in [0.717, 1.165) is 17.4 Å². The van der Waals surface area contributed by atoms with Gasteiger partial charge in [0.2, 0.25) is 0 Å². The van der Waals surface area contributed by atoms with Crippen molar-refractivity contribution in [1.29, 1.82) is 0 Å². The molecule has 0 spiro atoms. The molecule has 1 rings (SSSR count). The fourth-order valence-corrected chi connectivity index (χ4v) is 1.78. The first-order valence-corrected chi connectivity index (χ1v) is 7.05. The highest BCUT2D eigenvalue weighted by Crippen LogP contribution is 2.31. The van der Waals surface area contributed by atoms with Gasteiger partial charge in [0.1, 0.15) is 6.29 Å². The number of carbonyl (C=O) groups excluding carboxylic acids is 1. The molecule has 0 aromatic heterocycles. The topological polar surface area (TPSA) is 47.6 Å². The maximum Gasteiger partial charge on any atom is 0.161 e. The van der Waals surface area contributed by atoms with Crippen LogP contribution < -0.4 is 14.8 Å². The van der Waals surface area contributed by atoms with Crippen molar-refractivity contribution in [3.8, 4) is 11.5 Å². The zero-order valence-corrected chi connectivity index (χ0v) is 13.7. The Balaban J connectivity index is 0.00000122. The minimum atomic E-state index is 0.0817. The van der Waals surface area contributed by atoms with Crippen LogP contribution in [0.1, 0.15) is 31.9 Å². The monoisotopic (exact) mass is 293 g/mol. The largest absolute Gasteiger partial charge is 0.493 e. The van der Waals surface area contributed by atoms with Crippen LogP contribution in [0.15, 0.2) is 24.8 Å². The van der Waals surface area contributed by atoms with Crippen LogP contribution in [0, 0.1) is 0 Å². The Kier molecular flexibility index (Phi) is 9.98. The van der Waals surface area contributed by atoms with Crippen LogP contribution in [0.25, 0.3) is 0 Å². The van der Waals surface area contributed by atoms with E-state index < -0.39 is 0 Å². The van der Waals surface area contributed by atoms with E-state index in [2.05, 4.69) is 11.9 Å². The second-order valence-electron chi connectivity index (χ2n) is 4.75. The van der Waals surface area contributed by atoms with E-state index in [0.29, 0.717) is 24.5 Å². The van der Waals surface area contributed by atoms with Gasteiger partial charge in [0, 0.05) is 13.0 Å². The SMILES string of the molecule is C=CC.CNCc1cc(OC(C)C)c(OC)cc1CC=O. The van der Waals surface area contributed by atoms with Gasteiger partial charge in [-0.3, -0.25) is 0 Å². The van der Waals surface area contributed by atoms with Crippen LogP contribution in [0.3, 0.4) is 0 Å². The predicted octanol–water partition coefficient (Wildman–Crippen LogP) is 3.14. The molecule has 0 fully saturated rings. The Morgan fingerprint density at radius 1 is 1.29 bits per heavy atom. The lowest BCUT2D eigenvalue weighted by Crippen LogP contribution is -2.11. The van der Waals surface area contributed by atoms with Crippen molar-refractivity contribution in [3.63, 3.8) is 0 Å². The van der Waals surface area contributed by atoms with E-state index in [9.17, 15) is 4.79 Å². The van der Waals surface area contributed by atoms with E-state index >= 15 is 0 Å². The Labute approximate surface area is 128 Å². The zero-order valence-electron chi connectivity index (χ0n) is 13.7. The second-order valence-corrected chi connectivity index (χ2v) is 4.75. The molecule has 4 heteroatoms. The normalized spacial score (nSPS) is 9.62.